The number of ether oxygens (including phenoxy) is 1. The molecule has 1 atom stereocenters. The number of hydrogen-bond acceptors (Lipinski definition) is 3. The molecule has 3 aromatic carbocycles. The maximum Gasteiger partial charge on any atom is 0.227 e. The molecule has 2 amide bonds. The van der Waals surface area contributed by atoms with Gasteiger partial charge in [-0.1, -0.05) is 48.5 Å². The Kier molecular flexibility index (Phi) is 7.03. The molecule has 6 heteroatoms. The molecule has 0 saturated carbocycles. The van der Waals surface area contributed by atoms with Crippen molar-refractivity contribution in [1.29, 1.82) is 0 Å². The third-order valence-corrected chi connectivity index (χ3v) is 5.93. The molecular formula is C27H27FN2O3. The van der Waals surface area contributed by atoms with Crippen LogP contribution >= 0.6 is 0 Å². The molecule has 1 aliphatic rings. The summed E-state index contributed by atoms with van der Waals surface area (Å²) in [5, 5.41) is 2.93. The Balaban J connectivity index is 1.47. The number of methoxy groups -OCH3 is 1. The molecule has 1 unspecified atom stereocenters. The average molecular weight is 447 g/mol. The highest BCUT2D eigenvalue weighted by atomic mass is 19.1. The van der Waals surface area contributed by atoms with Gasteiger partial charge in [0.1, 0.15) is 11.6 Å². The van der Waals surface area contributed by atoms with Crippen LogP contribution in [0.4, 0.5) is 4.39 Å². The first-order chi connectivity index (χ1) is 16.0. The van der Waals surface area contributed by atoms with Crippen LogP contribution in [0.5, 0.6) is 5.75 Å². The number of rotatable bonds is 6. The van der Waals surface area contributed by atoms with Crippen molar-refractivity contribution in [3.8, 4) is 16.9 Å². The third kappa shape index (κ3) is 5.77. The predicted octanol–water partition coefficient (Wildman–Crippen LogP) is 3.86. The fourth-order valence-corrected chi connectivity index (χ4v) is 4.14. The summed E-state index contributed by atoms with van der Waals surface area (Å²) in [5.41, 5.74) is 3.87. The number of carbonyl (C=O) groups excluding carboxylic acids is 2. The quantitative estimate of drug-likeness (QED) is 0.626. The molecule has 170 valence electrons. The van der Waals surface area contributed by atoms with Crippen LogP contribution in [0.3, 0.4) is 0 Å². The number of carbonyl (C=O) groups is 2. The van der Waals surface area contributed by atoms with Crippen molar-refractivity contribution in [2.75, 3.05) is 26.7 Å². The lowest BCUT2D eigenvalue weighted by Crippen LogP contribution is -2.38. The molecule has 4 rings (SSSR count). The normalized spacial score (nSPS) is 16.1. The first-order valence-electron chi connectivity index (χ1n) is 11.0. The molecule has 3 aromatic rings. The Morgan fingerprint density at radius 1 is 1.03 bits per heavy atom. The number of amides is 2. The van der Waals surface area contributed by atoms with E-state index in [2.05, 4.69) is 11.4 Å². The maximum absolute atomic E-state index is 13.2. The van der Waals surface area contributed by atoms with Gasteiger partial charge >= 0.3 is 0 Å². The van der Waals surface area contributed by atoms with Crippen LogP contribution in [0, 0.1) is 11.7 Å². The summed E-state index contributed by atoms with van der Waals surface area (Å²) in [5.74, 6) is 0.0145. The smallest absolute Gasteiger partial charge is 0.227 e. The van der Waals surface area contributed by atoms with E-state index in [1.54, 1.807) is 24.1 Å². The number of nitrogens with zero attached hydrogens (tertiary/aromatic N) is 1. The number of halogens is 1. The zero-order valence-electron chi connectivity index (χ0n) is 18.6. The van der Waals surface area contributed by atoms with Gasteiger partial charge in [0.15, 0.2) is 0 Å². The minimum Gasteiger partial charge on any atom is -0.497 e. The lowest BCUT2D eigenvalue weighted by Gasteiger charge is -2.23. The van der Waals surface area contributed by atoms with Crippen molar-refractivity contribution in [2.45, 2.75) is 12.8 Å². The predicted molar refractivity (Wildman–Crippen MR) is 125 cm³/mol. The molecule has 1 N–H and O–H groups in total. The van der Waals surface area contributed by atoms with Gasteiger partial charge in [-0.05, 0) is 52.9 Å². The number of hydrogen-bond donors (Lipinski definition) is 1. The van der Waals surface area contributed by atoms with Crippen molar-refractivity contribution < 1.29 is 18.7 Å². The molecule has 0 bridgehead atoms. The van der Waals surface area contributed by atoms with Gasteiger partial charge in [-0.3, -0.25) is 9.59 Å². The molecule has 33 heavy (non-hydrogen) atoms. The lowest BCUT2D eigenvalue weighted by atomic mass is 9.95. The summed E-state index contributed by atoms with van der Waals surface area (Å²) in [4.78, 5) is 27.3. The first kappa shape index (κ1) is 22.5. The van der Waals surface area contributed by atoms with Gasteiger partial charge in [-0.15, -0.1) is 0 Å². The standard InChI is InChI=1S/C27H27FN2O3/c1-33-25-7-3-6-22(17-25)21-5-2-4-20(14-21)15-23-18-30(13-12-29-27(23)32)26(31)16-19-8-10-24(28)11-9-19/h2-11,14,17,23H,12-13,15-16,18H2,1H3,(H,29,32). The highest BCUT2D eigenvalue weighted by Gasteiger charge is 2.27. The van der Waals surface area contributed by atoms with Crippen molar-refractivity contribution in [1.82, 2.24) is 10.2 Å². The van der Waals surface area contributed by atoms with E-state index >= 15 is 0 Å². The van der Waals surface area contributed by atoms with Crippen LogP contribution in [-0.4, -0.2) is 43.5 Å². The second-order valence-electron chi connectivity index (χ2n) is 8.27. The van der Waals surface area contributed by atoms with E-state index < -0.39 is 0 Å². The Hall–Kier alpha value is -3.67. The van der Waals surface area contributed by atoms with E-state index in [9.17, 15) is 14.0 Å². The Morgan fingerprint density at radius 3 is 2.52 bits per heavy atom. The second-order valence-corrected chi connectivity index (χ2v) is 8.27. The molecule has 1 fully saturated rings. The zero-order valence-corrected chi connectivity index (χ0v) is 18.6. The molecule has 0 aromatic heterocycles. The fraction of sp³-hybridized carbons (Fsp3) is 0.259. The first-order valence-corrected chi connectivity index (χ1v) is 11.0. The topological polar surface area (TPSA) is 58.6 Å². The summed E-state index contributed by atoms with van der Waals surface area (Å²) >= 11 is 0. The Bertz CT molecular complexity index is 1130. The molecule has 1 heterocycles. The van der Waals surface area contributed by atoms with Crippen molar-refractivity contribution in [3.63, 3.8) is 0 Å². The summed E-state index contributed by atoms with van der Waals surface area (Å²) < 4.78 is 18.5. The van der Waals surface area contributed by atoms with Gasteiger partial charge in [0, 0.05) is 19.6 Å². The summed E-state index contributed by atoms with van der Waals surface area (Å²) in [6.45, 7) is 1.25. The highest BCUT2D eigenvalue weighted by molar-refractivity contribution is 5.83. The van der Waals surface area contributed by atoms with Gasteiger partial charge in [0.05, 0.1) is 19.4 Å². The van der Waals surface area contributed by atoms with E-state index in [0.29, 0.717) is 26.1 Å². The van der Waals surface area contributed by atoms with Gasteiger partial charge in [0.2, 0.25) is 11.8 Å². The van der Waals surface area contributed by atoms with E-state index in [0.717, 1.165) is 28.0 Å². The molecule has 0 aliphatic carbocycles. The van der Waals surface area contributed by atoms with Gasteiger partial charge in [0.25, 0.3) is 0 Å². The number of nitrogens with one attached hydrogen (secondary N) is 1. The summed E-state index contributed by atoms with van der Waals surface area (Å²) in [6.07, 6.45) is 0.719. The molecule has 5 nitrogen and oxygen atoms in total. The monoisotopic (exact) mass is 446 g/mol. The number of benzene rings is 3. The van der Waals surface area contributed by atoms with Crippen molar-refractivity contribution in [3.05, 3.63) is 89.7 Å². The van der Waals surface area contributed by atoms with Gasteiger partial charge in [-0.2, -0.15) is 0 Å². The Labute approximate surface area is 193 Å². The average Bonchev–Trinajstić information content (AvgIpc) is 3.02. The molecule has 1 aliphatic heterocycles. The van der Waals surface area contributed by atoms with Crippen LogP contribution in [0.15, 0.2) is 72.8 Å². The molecule has 0 radical (unpaired) electrons. The molecule has 1 saturated heterocycles. The summed E-state index contributed by atoms with van der Waals surface area (Å²) in [6, 6.07) is 21.9. The fourth-order valence-electron chi connectivity index (χ4n) is 4.14. The minimum absolute atomic E-state index is 0.0427. The lowest BCUT2D eigenvalue weighted by molar-refractivity contribution is -0.131. The van der Waals surface area contributed by atoms with E-state index in [-0.39, 0.29) is 30.0 Å². The maximum atomic E-state index is 13.2. The van der Waals surface area contributed by atoms with Crippen LogP contribution in [-0.2, 0) is 22.4 Å². The van der Waals surface area contributed by atoms with E-state index in [1.807, 2.05) is 42.5 Å². The van der Waals surface area contributed by atoms with Crippen molar-refractivity contribution in [2.24, 2.45) is 5.92 Å². The van der Waals surface area contributed by atoms with Gasteiger partial charge in [-0.25, -0.2) is 4.39 Å². The van der Waals surface area contributed by atoms with Crippen LogP contribution in [0.1, 0.15) is 11.1 Å². The van der Waals surface area contributed by atoms with E-state index in [4.69, 9.17) is 4.74 Å². The van der Waals surface area contributed by atoms with Crippen LogP contribution in [0.25, 0.3) is 11.1 Å². The SMILES string of the molecule is COc1cccc(-c2cccc(CC3CN(C(=O)Cc4ccc(F)cc4)CCNC3=O)c2)c1. The third-order valence-electron chi connectivity index (χ3n) is 5.93. The van der Waals surface area contributed by atoms with Crippen LogP contribution < -0.4 is 10.1 Å². The summed E-state index contributed by atoms with van der Waals surface area (Å²) in [7, 11) is 1.64. The largest absolute Gasteiger partial charge is 0.497 e. The highest BCUT2D eigenvalue weighted by Crippen LogP contribution is 2.25. The van der Waals surface area contributed by atoms with E-state index in [1.165, 1.54) is 12.1 Å². The van der Waals surface area contributed by atoms with Crippen molar-refractivity contribution >= 4 is 11.8 Å². The van der Waals surface area contributed by atoms with Crippen LogP contribution in [0.2, 0.25) is 0 Å². The van der Waals surface area contributed by atoms with Gasteiger partial charge < -0.3 is 15.0 Å². The zero-order chi connectivity index (χ0) is 23.2. The Morgan fingerprint density at radius 2 is 1.76 bits per heavy atom. The molecule has 0 spiro atoms. The minimum atomic E-state index is -0.342. The second kappa shape index (κ2) is 10.3. The molecular weight excluding hydrogens is 419 g/mol.